The molecule has 2 aliphatic carbocycles. The quantitative estimate of drug-likeness (QED) is 0.153. The maximum atomic E-state index is 7.05. The van der Waals surface area contributed by atoms with Crippen LogP contribution in [0.4, 0.5) is 0 Å². The molecule has 2 aliphatic rings. The Labute approximate surface area is 337 Å². The van der Waals surface area contributed by atoms with Crippen LogP contribution >= 0.6 is 48.0 Å². The van der Waals surface area contributed by atoms with Gasteiger partial charge in [0.1, 0.15) is 0 Å². The first kappa shape index (κ1) is 43.0. The summed E-state index contributed by atoms with van der Waals surface area (Å²) in [6.45, 7) is 23.4. The molecule has 0 heterocycles. The third-order valence-electron chi connectivity index (χ3n) is 11.7. The summed E-state index contributed by atoms with van der Waals surface area (Å²) < 4.78 is 11.4. The molecule has 0 nitrogen and oxygen atoms in total. The van der Waals surface area contributed by atoms with Gasteiger partial charge in [-0.3, -0.25) is 0 Å². The van der Waals surface area contributed by atoms with Gasteiger partial charge in [0, 0.05) is 0 Å². The van der Waals surface area contributed by atoms with E-state index < -0.39 is 18.3 Å². The number of allylic oxidation sites excluding steroid dienone is 4. The van der Waals surface area contributed by atoms with Crippen molar-refractivity contribution < 1.29 is 18.3 Å². The van der Waals surface area contributed by atoms with Crippen LogP contribution in [0.1, 0.15) is 111 Å². The van der Waals surface area contributed by atoms with Gasteiger partial charge in [0.25, 0.3) is 0 Å². The van der Waals surface area contributed by atoms with Crippen LogP contribution in [0.5, 0.6) is 0 Å². The number of halogens is 4. The second-order valence-electron chi connectivity index (χ2n) is 18.3. The van der Waals surface area contributed by atoms with E-state index in [1.807, 2.05) is 12.1 Å². The van der Waals surface area contributed by atoms with E-state index in [2.05, 4.69) is 148 Å². The van der Waals surface area contributed by atoms with Crippen molar-refractivity contribution in [1.29, 1.82) is 0 Å². The van der Waals surface area contributed by atoms with Crippen molar-refractivity contribution in [3.05, 3.63) is 132 Å². The molecule has 0 aliphatic heterocycles. The molecule has 0 saturated carbocycles. The van der Waals surface area contributed by atoms with Crippen LogP contribution in [-0.4, -0.2) is 4.21 Å². The van der Waals surface area contributed by atoms with Gasteiger partial charge in [0.05, 0.1) is 0 Å². The minimum atomic E-state index is -5.24. The number of unbranched alkanes of at least 4 members (excludes halogenated alkanes) is 1. The molecule has 0 N–H and O–H groups in total. The summed E-state index contributed by atoms with van der Waals surface area (Å²) in [5, 5.41) is 1.51. The van der Waals surface area contributed by atoms with E-state index in [1.165, 1.54) is 52.0 Å². The van der Waals surface area contributed by atoms with Gasteiger partial charge in [-0.15, -0.1) is 24.8 Å². The van der Waals surface area contributed by atoms with E-state index in [4.69, 9.17) is 27.4 Å². The Bertz CT molecular complexity index is 2060. The zero-order valence-electron chi connectivity index (χ0n) is 32.8. The molecule has 0 aromatic heterocycles. The number of rotatable bonds is 7. The van der Waals surface area contributed by atoms with Crippen molar-refractivity contribution in [1.82, 2.24) is 0 Å². The summed E-state index contributed by atoms with van der Waals surface area (Å²) in [4.78, 5) is 0. The molecule has 5 heteroatoms. The van der Waals surface area contributed by atoms with Crippen LogP contribution in [0.25, 0.3) is 11.1 Å². The van der Waals surface area contributed by atoms with E-state index in [-0.39, 0.29) is 47.0 Å². The van der Waals surface area contributed by atoms with Crippen molar-refractivity contribution in [3.8, 4) is 11.1 Å². The molecule has 0 saturated heterocycles. The molecular formula is C47H58Cl4Zr. The Morgan fingerprint density at radius 3 is 1.75 bits per heavy atom. The fourth-order valence-electron chi connectivity index (χ4n) is 8.62. The average Bonchev–Trinajstić information content (AvgIpc) is 3.64. The number of hydrogen-bond donors (Lipinski definition) is 0. The summed E-state index contributed by atoms with van der Waals surface area (Å²) >= 11 is 8.86. The Morgan fingerprint density at radius 1 is 0.692 bits per heavy atom. The fraction of sp³-hybridized carbons (Fsp3) is 0.383. The molecule has 0 spiro atoms. The maximum absolute atomic E-state index is 7.05. The zero-order valence-corrected chi connectivity index (χ0v) is 38.4. The van der Waals surface area contributed by atoms with Gasteiger partial charge in [0.2, 0.25) is 0 Å². The molecule has 52 heavy (non-hydrogen) atoms. The van der Waals surface area contributed by atoms with Gasteiger partial charge < -0.3 is 0 Å². The SMILES string of the molecule is Cl.Cl.[CH2]=[Zr]([C]1=CC(C(C)(C)C)=CC1CCCC)([c]1cccc(Cl)c1)([c]1cccc(Cl)c1)[c]1cc(C(C)(C)C)cc2c1Cc1ccc(C(C)(C)C)cc1-2. The molecule has 1 unspecified atom stereocenters. The Kier molecular flexibility index (Phi) is 12.5. The molecule has 0 radical (unpaired) electrons. The van der Waals surface area contributed by atoms with E-state index >= 15 is 0 Å². The Morgan fingerprint density at radius 2 is 1.25 bits per heavy atom. The monoisotopic (exact) mass is 852 g/mol. The third kappa shape index (κ3) is 7.34. The normalized spacial score (nSPS) is 16.0. The van der Waals surface area contributed by atoms with E-state index in [9.17, 15) is 0 Å². The first-order chi connectivity index (χ1) is 23.3. The predicted octanol–water partition coefficient (Wildman–Crippen LogP) is 13.1. The van der Waals surface area contributed by atoms with Crippen LogP contribution in [0.2, 0.25) is 10.0 Å². The van der Waals surface area contributed by atoms with Gasteiger partial charge >= 0.3 is 316 Å². The molecule has 4 aromatic rings. The van der Waals surface area contributed by atoms with Gasteiger partial charge in [-0.2, -0.15) is 0 Å². The summed E-state index contributed by atoms with van der Waals surface area (Å²) in [6.07, 6.45) is 9.49. The van der Waals surface area contributed by atoms with Crippen LogP contribution in [0.3, 0.4) is 0 Å². The molecule has 0 fully saturated rings. The number of benzene rings is 4. The summed E-state index contributed by atoms with van der Waals surface area (Å²) in [5.74, 6) is 0.274. The van der Waals surface area contributed by atoms with E-state index in [0.29, 0.717) is 0 Å². The molecule has 0 amide bonds. The number of fused-ring (bicyclic) bond motifs is 3. The second-order valence-corrected chi connectivity index (χ2v) is 31.9. The summed E-state index contributed by atoms with van der Waals surface area (Å²) in [7, 11) is 0. The summed E-state index contributed by atoms with van der Waals surface area (Å²) in [5.41, 5.74) is 9.67. The van der Waals surface area contributed by atoms with Crippen LogP contribution in [-0.2, 0) is 35.5 Å². The predicted molar refractivity (Wildman–Crippen MR) is 234 cm³/mol. The van der Waals surface area contributed by atoms with Crippen molar-refractivity contribution in [2.45, 2.75) is 106 Å². The zero-order chi connectivity index (χ0) is 36.5. The van der Waals surface area contributed by atoms with Crippen molar-refractivity contribution in [2.24, 2.45) is 11.3 Å². The molecule has 278 valence electrons. The van der Waals surface area contributed by atoms with Gasteiger partial charge in [-0.25, -0.2) is 0 Å². The topological polar surface area (TPSA) is 0 Å². The Balaban J connectivity index is 0.00000302. The van der Waals surface area contributed by atoms with Crippen LogP contribution in [0, 0.1) is 11.3 Å². The van der Waals surface area contributed by atoms with Crippen LogP contribution in [0.15, 0.2) is 99.9 Å². The first-order valence-electron chi connectivity index (χ1n) is 18.6. The molecule has 0 bridgehead atoms. The number of hydrogen-bond acceptors (Lipinski definition) is 0. The van der Waals surface area contributed by atoms with Crippen molar-refractivity contribution in [2.75, 3.05) is 0 Å². The fourth-order valence-corrected chi connectivity index (χ4v) is 25.9. The average molecular weight is 856 g/mol. The standard InChI is InChI=1S/C21H25.C13H21.2C6H4Cl.CH2.2ClH.Zr/c1-20(2,3)16-9-7-14-11-15-8-10-17(21(4,5)6)13-19(15)18(14)12-16;1-5-6-7-11-8-9-12(10-11)13(2,3)4;2*7-6-4-2-1-3-5-6;;;;/h7,9-10,12-13H,11H2,1-6H3;9-11H,5-7H2,1-4H3;2*1-2,4-5H;1H2;2*1H;. The van der Waals surface area contributed by atoms with Crippen molar-refractivity contribution >= 4 is 62.0 Å². The van der Waals surface area contributed by atoms with Crippen LogP contribution < -0.4 is 9.81 Å². The first-order valence-corrected chi connectivity index (χ1v) is 26.0. The van der Waals surface area contributed by atoms with Gasteiger partial charge in [-0.05, 0) is 0 Å². The van der Waals surface area contributed by atoms with Gasteiger partial charge in [0.15, 0.2) is 0 Å². The second kappa shape index (κ2) is 15.1. The van der Waals surface area contributed by atoms with Gasteiger partial charge in [-0.1, -0.05) is 0 Å². The molecule has 1 atom stereocenters. The minimum absolute atomic E-state index is 0. The molecule has 4 aromatic carbocycles. The summed E-state index contributed by atoms with van der Waals surface area (Å²) in [6, 6.07) is 29.8. The Hall–Kier alpha value is -1.73. The van der Waals surface area contributed by atoms with Crippen molar-refractivity contribution in [3.63, 3.8) is 0 Å². The van der Waals surface area contributed by atoms with E-state index in [0.717, 1.165) is 35.7 Å². The van der Waals surface area contributed by atoms with E-state index in [1.54, 1.807) is 0 Å². The molecular weight excluding hydrogens is 798 g/mol. The third-order valence-corrected chi connectivity index (χ3v) is 28.4. The molecule has 6 rings (SSSR count).